The highest BCUT2D eigenvalue weighted by atomic mass is 15.2. The molecule has 1 N–H and O–H groups in total. The SMILES string of the molecule is [C]#Cc1ccc(N2CCNCC2)cc1. The fraction of sp³-hybridized carbons (Fsp3) is 0.333. The Morgan fingerprint density at radius 2 is 1.79 bits per heavy atom. The third kappa shape index (κ3) is 1.89. The summed E-state index contributed by atoms with van der Waals surface area (Å²) in [4.78, 5) is 2.35. The van der Waals surface area contributed by atoms with Gasteiger partial charge in [0.1, 0.15) is 0 Å². The Hall–Kier alpha value is -1.46. The van der Waals surface area contributed by atoms with Crippen molar-refractivity contribution in [3.05, 3.63) is 36.3 Å². The third-order valence-corrected chi connectivity index (χ3v) is 2.49. The lowest BCUT2D eigenvalue weighted by Gasteiger charge is -2.29. The van der Waals surface area contributed by atoms with Gasteiger partial charge in [-0.05, 0) is 30.7 Å². The monoisotopic (exact) mass is 185 g/mol. The predicted octanol–water partition coefficient (Wildman–Crippen LogP) is 1.03. The maximum atomic E-state index is 6.98. The van der Waals surface area contributed by atoms with Crippen LogP contribution >= 0.6 is 0 Å². The molecule has 0 saturated carbocycles. The molecular formula is C12H13N2. The van der Waals surface area contributed by atoms with Gasteiger partial charge in [0, 0.05) is 37.4 Å². The average molecular weight is 185 g/mol. The Balaban J connectivity index is 2.12. The summed E-state index contributed by atoms with van der Waals surface area (Å²) in [5, 5.41) is 3.32. The Bertz CT molecular complexity index is 328. The highest BCUT2D eigenvalue weighted by Crippen LogP contribution is 2.15. The maximum absolute atomic E-state index is 6.98. The predicted molar refractivity (Wildman–Crippen MR) is 57.8 cm³/mol. The van der Waals surface area contributed by atoms with Crippen molar-refractivity contribution in [1.29, 1.82) is 0 Å². The van der Waals surface area contributed by atoms with E-state index in [2.05, 4.69) is 28.3 Å². The molecule has 1 aromatic carbocycles. The van der Waals surface area contributed by atoms with Crippen LogP contribution in [0, 0.1) is 12.3 Å². The van der Waals surface area contributed by atoms with Crippen molar-refractivity contribution in [3.63, 3.8) is 0 Å². The summed E-state index contributed by atoms with van der Waals surface area (Å²) in [5.41, 5.74) is 2.08. The van der Waals surface area contributed by atoms with Gasteiger partial charge in [0.25, 0.3) is 0 Å². The van der Waals surface area contributed by atoms with Crippen molar-refractivity contribution in [2.75, 3.05) is 31.1 Å². The van der Waals surface area contributed by atoms with E-state index in [-0.39, 0.29) is 0 Å². The van der Waals surface area contributed by atoms with Gasteiger partial charge in [0.05, 0.1) is 0 Å². The zero-order valence-corrected chi connectivity index (χ0v) is 8.09. The van der Waals surface area contributed by atoms with E-state index in [0.717, 1.165) is 31.7 Å². The normalized spacial score (nSPS) is 16.4. The van der Waals surface area contributed by atoms with Crippen molar-refractivity contribution < 1.29 is 0 Å². The number of hydrogen-bond donors (Lipinski definition) is 1. The van der Waals surface area contributed by atoms with Crippen LogP contribution in [0.1, 0.15) is 5.56 Å². The van der Waals surface area contributed by atoms with Gasteiger partial charge in [-0.15, -0.1) is 0 Å². The maximum Gasteiger partial charge on any atom is 0.0367 e. The number of nitrogens with one attached hydrogen (secondary N) is 1. The van der Waals surface area contributed by atoms with Gasteiger partial charge in [-0.25, -0.2) is 0 Å². The summed E-state index contributed by atoms with van der Waals surface area (Å²) in [5.74, 6) is 2.38. The van der Waals surface area contributed by atoms with Gasteiger partial charge in [0.15, 0.2) is 0 Å². The van der Waals surface area contributed by atoms with Crippen molar-refractivity contribution in [2.45, 2.75) is 0 Å². The average Bonchev–Trinajstić information content (AvgIpc) is 2.30. The second kappa shape index (κ2) is 4.17. The van der Waals surface area contributed by atoms with Crippen LogP contribution in [-0.2, 0) is 0 Å². The van der Waals surface area contributed by atoms with E-state index < -0.39 is 0 Å². The first kappa shape index (κ1) is 9.11. The standard InChI is InChI=1S/C12H13N2/c1-2-11-3-5-12(6-4-11)14-9-7-13-8-10-14/h3-6,13H,7-10H2. The van der Waals surface area contributed by atoms with Crippen LogP contribution in [-0.4, -0.2) is 26.2 Å². The molecule has 0 aliphatic carbocycles. The van der Waals surface area contributed by atoms with Crippen LogP contribution < -0.4 is 10.2 Å². The van der Waals surface area contributed by atoms with Gasteiger partial charge in [-0.3, -0.25) is 0 Å². The largest absolute Gasteiger partial charge is 0.369 e. The van der Waals surface area contributed by atoms with Gasteiger partial charge in [0.2, 0.25) is 0 Å². The molecule has 1 radical (unpaired) electrons. The van der Waals surface area contributed by atoms with Crippen LogP contribution in [0.15, 0.2) is 24.3 Å². The number of hydrogen-bond acceptors (Lipinski definition) is 2. The molecule has 2 rings (SSSR count). The molecule has 2 nitrogen and oxygen atoms in total. The molecule has 1 aliphatic heterocycles. The number of rotatable bonds is 1. The van der Waals surface area contributed by atoms with E-state index in [1.807, 2.05) is 12.1 Å². The zero-order valence-electron chi connectivity index (χ0n) is 8.09. The lowest BCUT2D eigenvalue weighted by Crippen LogP contribution is -2.43. The number of nitrogens with zero attached hydrogens (tertiary/aromatic N) is 1. The van der Waals surface area contributed by atoms with Crippen molar-refractivity contribution in [1.82, 2.24) is 5.32 Å². The van der Waals surface area contributed by atoms with E-state index in [1.54, 1.807) is 0 Å². The number of piperazine rings is 1. The molecule has 0 aromatic heterocycles. The molecule has 1 heterocycles. The van der Waals surface area contributed by atoms with Gasteiger partial charge in [-0.1, -0.05) is 5.92 Å². The van der Waals surface area contributed by atoms with E-state index >= 15 is 0 Å². The van der Waals surface area contributed by atoms with Gasteiger partial charge in [-0.2, -0.15) is 0 Å². The second-order valence-electron chi connectivity index (χ2n) is 3.41. The summed E-state index contributed by atoms with van der Waals surface area (Å²) in [6.07, 6.45) is 6.98. The molecule has 1 aliphatic rings. The topological polar surface area (TPSA) is 15.3 Å². The summed E-state index contributed by atoms with van der Waals surface area (Å²) in [7, 11) is 0. The fourth-order valence-electron chi connectivity index (χ4n) is 1.68. The van der Waals surface area contributed by atoms with E-state index in [9.17, 15) is 0 Å². The minimum atomic E-state index is 0.837. The molecule has 0 atom stereocenters. The molecular weight excluding hydrogens is 172 g/mol. The highest BCUT2D eigenvalue weighted by Gasteiger charge is 2.09. The molecule has 71 valence electrons. The minimum absolute atomic E-state index is 0.837. The van der Waals surface area contributed by atoms with Crippen LogP contribution in [0.2, 0.25) is 0 Å². The first-order valence-corrected chi connectivity index (χ1v) is 4.88. The Morgan fingerprint density at radius 3 is 2.36 bits per heavy atom. The van der Waals surface area contributed by atoms with Crippen LogP contribution in [0.4, 0.5) is 5.69 Å². The lowest BCUT2D eigenvalue weighted by atomic mass is 10.2. The van der Waals surface area contributed by atoms with Crippen LogP contribution in [0.5, 0.6) is 0 Å². The lowest BCUT2D eigenvalue weighted by molar-refractivity contribution is 0.589. The third-order valence-electron chi connectivity index (χ3n) is 2.49. The minimum Gasteiger partial charge on any atom is -0.369 e. The van der Waals surface area contributed by atoms with E-state index in [0.29, 0.717) is 0 Å². The van der Waals surface area contributed by atoms with Crippen molar-refractivity contribution in [3.8, 4) is 5.92 Å². The van der Waals surface area contributed by atoms with E-state index in [1.165, 1.54) is 5.69 Å². The first-order valence-electron chi connectivity index (χ1n) is 4.88. The van der Waals surface area contributed by atoms with Gasteiger partial charge >= 0.3 is 0 Å². The summed E-state index contributed by atoms with van der Waals surface area (Å²) < 4.78 is 0. The Labute approximate surface area is 84.9 Å². The second-order valence-corrected chi connectivity index (χ2v) is 3.41. The molecule has 1 aromatic rings. The van der Waals surface area contributed by atoms with Crippen molar-refractivity contribution >= 4 is 5.69 Å². The first-order chi connectivity index (χ1) is 6.90. The highest BCUT2D eigenvalue weighted by molar-refractivity contribution is 5.50. The Kier molecular flexibility index (Phi) is 2.71. The van der Waals surface area contributed by atoms with E-state index in [4.69, 9.17) is 6.42 Å². The molecule has 0 amide bonds. The molecule has 0 spiro atoms. The summed E-state index contributed by atoms with van der Waals surface area (Å²) in [6.45, 7) is 4.23. The smallest absolute Gasteiger partial charge is 0.0367 e. The fourth-order valence-corrected chi connectivity index (χ4v) is 1.68. The Morgan fingerprint density at radius 1 is 1.14 bits per heavy atom. The molecule has 0 unspecified atom stereocenters. The number of anilines is 1. The molecule has 1 fully saturated rings. The summed E-state index contributed by atoms with van der Waals surface area (Å²) >= 11 is 0. The molecule has 2 heteroatoms. The molecule has 1 saturated heterocycles. The van der Waals surface area contributed by atoms with Crippen molar-refractivity contribution in [2.24, 2.45) is 0 Å². The quantitative estimate of drug-likeness (QED) is 0.657. The summed E-state index contributed by atoms with van der Waals surface area (Å²) in [6, 6.07) is 7.99. The number of benzene rings is 1. The molecule has 14 heavy (non-hydrogen) atoms. The van der Waals surface area contributed by atoms with Gasteiger partial charge < -0.3 is 10.2 Å². The van der Waals surface area contributed by atoms with Crippen LogP contribution in [0.25, 0.3) is 0 Å². The van der Waals surface area contributed by atoms with Crippen LogP contribution in [0.3, 0.4) is 0 Å². The molecule has 0 bridgehead atoms. The zero-order chi connectivity index (χ0) is 9.80.